The lowest BCUT2D eigenvalue weighted by Gasteiger charge is -2.23. The third-order valence-electron chi connectivity index (χ3n) is 4.66. The average molecular weight is 257 g/mol. The van der Waals surface area contributed by atoms with Gasteiger partial charge in [0.2, 0.25) is 0 Å². The summed E-state index contributed by atoms with van der Waals surface area (Å²) >= 11 is 0. The van der Waals surface area contributed by atoms with Crippen molar-refractivity contribution in [1.82, 2.24) is 14.9 Å². The molecule has 1 N–H and O–H groups in total. The molecule has 3 nitrogen and oxygen atoms in total. The van der Waals surface area contributed by atoms with E-state index in [4.69, 9.17) is 4.98 Å². The standard InChI is InChI=1S/C16H23N3/c1-4-19-13-8-6-5-7-12(13)18-15(19)11-14(17-3)16(2)9-10-16/h5-8,14,17H,4,9-11H2,1-3H3. The van der Waals surface area contributed by atoms with Crippen LogP contribution in [0.15, 0.2) is 24.3 Å². The van der Waals surface area contributed by atoms with Crippen LogP contribution in [0.4, 0.5) is 0 Å². The first-order valence-corrected chi connectivity index (χ1v) is 7.29. The number of likely N-dealkylation sites (N-methyl/N-ethyl adjacent to an activating group) is 1. The van der Waals surface area contributed by atoms with Crippen LogP contribution in [0.5, 0.6) is 0 Å². The normalized spacial score (nSPS) is 18.7. The minimum Gasteiger partial charge on any atom is -0.328 e. The Hall–Kier alpha value is -1.35. The molecule has 1 aliphatic rings. The maximum Gasteiger partial charge on any atom is 0.111 e. The van der Waals surface area contributed by atoms with E-state index in [2.05, 4.69) is 55.0 Å². The number of nitrogens with zero attached hydrogens (tertiary/aromatic N) is 2. The van der Waals surface area contributed by atoms with Gasteiger partial charge in [-0.3, -0.25) is 0 Å². The van der Waals surface area contributed by atoms with E-state index in [1.807, 2.05) is 0 Å². The zero-order valence-corrected chi connectivity index (χ0v) is 12.1. The first-order chi connectivity index (χ1) is 9.18. The van der Waals surface area contributed by atoms with Crippen molar-refractivity contribution in [2.24, 2.45) is 5.41 Å². The third kappa shape index (κ3) is 2.16. The van der Waals surface area contributed by atoms with Crippen LogP contribution in [-0.4, -0.2) is 22.6 Å². The number of fused-ring (bicyclic) bond motifs is 1. The van der Waals surface area contributed by atoms with Crippen LogP contribution in [0.25, 0.3) is 11.0 Å². The molecule has 1 heterocycles. The molecule has 0 spiro atoms. The van der Waals surface area contributed by atoms with E-state index in [-0.39, 0.29) is 0 Å². The van der Waals surface area contributed by atoms with E-state index >= 15 is 0 Å². The highest BCUT2D eigenvalue weighted by molar-refractivity contribution is 5.75. The van der Waals surface area contributed by atoms with E-state index < -0.39 is 0 Å². The van der Waals surface area contributed by atoms with Crippen molar-refractivity contribution in [1.29, 1.82) is 0 Å². The van der Waals surface area contributed by atoms with Gasteiger partial charge in [-0.05, 0) is 44.4 Å². The number of aryl methyl sites for hydroxylation is 1. The number of imidazole rings is 1. The van der Waals surface area contributed by atoms with Crippen molar-refractivity contribution in [3.63, 3.8) is 0 Å². The van der Waals surface area contributed by atoms with Crippen LogP contribution in [-0.2, 0) is 13.0 Å². The Balaban J connectivity index is 1.95. The number of benzene rings is 1. The summed E-state index contributed by atoms with van der Waals surface area (Å²) in [6, 6.07) is 8.98. The molecular formula is C16H23N3. The molecule has 19 heavy (non-hydrogen) atoms. The number of hydrogen-bond donors (Lipinski definition) is 1. The van der Waals surface area contributed by atoms with Gasteiger partial charge in [0.1, 0.15) is 5.82 Å². The summed E-state index contributed by atoms with van der Waals surface area (Å²) in [7, 11) is 2.08. The lowest BCUT2D eigenvalue weighted by molar-refractivity contribution is 0.367. The highest BCUT2D eigenvalue weighted by Gasteiger charge is 2.44. The number of hydrogen-bond acceptors (Lipinski definition) is 2. The summed E-state index contributed by atoms with van der Waals surface area (Å²) in [5.41, 5.74) is 2.86. The van der Waals surface area contributed by atoms with Gasteiger partial charge in [-0.1, -0.05) is 19.1 Å². The summed E-state index contributed by atoms with van der Waals surface area (Å²) in [6.07, 6.45) is 3.70. The summed E-state index contributed by atoms with van der Waals surface area (Å²) < 4.78 is 2.35. The van der Waals surface area contributed by atoms with Gasteiger partial charge >= 0.3 is 0 Å². The largest absolute Gasteiger partial charge is 0.328 e. The van der Waals surface area contributed by atoms with E-state index in [0.29, 0.717) is 11.5 Å². The van der Waals surface area contributed by atoms with E-state index in [1.54, 1.807) is 0 Å². The Kier molecular flexibility index (Phi) is 3.09. The quantitative estimate of drug-likeness (QED) is 0.892. The van der Waals surface area contributed by atoms with Crippen LogP contribution in [0.2, 0.25) is 0 Å². The minimum atomic E-state index is 0.478. The van der Waals surface area contributed by atoms with Crippen molar-refractivity contribution < 1.29 is 0 Å². The zero-order chi connectivity index (χ0) is 13.5. The predicted octanol–water partition coefficient (Wildman–Crippen LogP) is 2.99. The van der Waals surface area contributed by atoms with Gasteiger partial charge in [0.15, 0.2) is 0 Å². The Bertz CT molecular complexity index is 581. The number of nitrogens with one attached hydrogen (secondary N) is 1. The molecule has 3 heteroatoms. The smallest absolute Gasteiger partial charge is 0.111 e. The molecule has 0 radical (unpaired) electrons. The average Bonchev–Trinajstić information content (AvgIpc) is 3.06. The molecule has 0 aliphatic heterocycles. The summed E-state index contributed by atoms with van der Waals surface area (Å²) in [6.45, 7) is 5.57. The van der Waals surface area contributed by atoms with Gasteiger partial charge in [-0.15, -0.1) is 0 Å². The predicted molar refractivity (Wildman–Crippen MR) is 79.3 cm³/mol. The SMILES string of the molecule is CCn1c(CC(NC)C2(C)CC2)nc2ccccc21. The topological polar surface area (TPSA) is 29.9 Å². The summed E-state index contributed by atoms with van der Waals surface area (Å²) in [5.74, 6) is 1.22. The molecule has 0 saturated heterocycles. The van der Waals surface area contributed by atoms with Gasteiger partial charge < -0.3 is 9.88 Å². The fourth-order valence-corrected chi connectivity index (χ4v) is 3.06. The van der Waals surface area contributed by atoms with Gasteiger partial charge in [-0.2, -0.15) is 0 Å². The van der Waals surface area contributed by atoms with Crippen molar-refractivity contribution in [3.05, 3.63) is 30.1 Å². The van der Waals surface area contributed by atoms with Crippen molar-refractivity contribution >= 4 is 11.0 Å². The molecule has 1 unspecified atom stereocenters. The molecule has 2 aromatic rings. The summed E-state index contributed by atoms with van der Waals surface area (Å²) in [5, 5.41) is 3.50. The third-order valence-corrected chi connectivity index (χ3v) is 4.66. The molecule has 1 aliphatic carbocycles. The number of para-hydroxylation sites is 2. The van der Waals surface area contributed by atoms with Crippen molar-refractivity contribution in [3.8, 4) is 0 Å². The monoisotopic (exact) mass is 257 g/mol. The highest BCUT2D eigenvalue weighted by Crippen LogP contribution is 2.48. The van der Waals surface area contributed by atoms with Crippen LogP contribution in [0.1, 0.15) is 32.5 Å². The molecule has 3 rings (SSSR count). The van der Waals surface area contributed by atoms with Crippen LogP contribution in [0.3, 0.4) is 0 Å². The van der Waals surface area contributed by atoms with Crippen molar-refractivity contribution in [2.75, 3.05) is 7.05 Å². The van der Waals surface area contributed by atoms with Crippen LogP contribution >= 0.6 is 0 Å². The molecule has 0 amide bonds. The number of aromatic nitrogens is 2. The molecule has 1 saturated carbocycles. The Morgan fingerprint density at radius 2 is 2.11 bits per heavy atom. The fourth-order valence-electron chi connectivity index (χ4n) is 3.06. The highest BCUT2D eigenvalue weighted by atomic mass is 15.1. The molecule has 102 valence electrons. The van der Waals surface area contributed by atoms with Gasteiger partial charge in [0.25, 0.3) is 0 Å². The molecule has 1 fully saturated rings. The maximum absolute atomic E-state index is 4.84. The molecule has 1 atom stereocenters. The zero-order valence-electron chi connectivity index (χ0n) is 12.1. The second-order valence-corrected chi connectivity index (χ2v) is 5.96. The second kappa shape index (κ2) is 4.64. The molecule has 0 bridgehead atoms. The Morgan fingerprint density at radius 3 is 2.74 bits per heavy atom. The second-order valence-electron chi connectivity index (χ2n) is 5.96. The number of rotatable bonds is 5. The van der Waals surface area contributed by atoms with Gasteiger partial charge in [0, 0.05) is 19.0 Å². The Labute approximate surface area is 115 Å². The lowest BCUT2D eigenvalue weighted by atomic mass is 9.96. The molecule has 1 aromatic carbocycles. The van der Waals surface area contributed by atoms with E-state index in [1.165, 1.54) is 24.2 Å². The first-order valence-electron chi connectivity index (χ1n) is 7.29. The van der Waals surface area contributed by atoms with Gasteiger partial charge in [-0.25, -0.2) is 4.98 Å². The van der Waals surface area contributed by atoms with E-state index in [0.717, 1.165) is 18.5 Å². The molecule has 1 aromatic heterocycles. The van der Waals surface area contributed by atoms with E-state index in [9.17, 15) is 0 Å². The molecular weight excluding hydrogens is 234 g/mol. The minimum absolute atomic E-state index is 0.478. The Morgan fingerprint density at radius 1 is 1.37 bits per heavy atom. The maximum atomic E-state index is 4.84. The van der Waals surface area contributed by atoms with Crippen LogP contribution in [0, 0.1) is 5.41 Å². The summed E-state index contributed by atoms with van der Waals surface area (Å²) in [4.78, 5) is 4.84. The first kappa shape index (κ1) is 12.7. The van der Waals surface area contributed by atoms with Crippen LogP contribution < -0.4 is 5.32 Å². The lowest BCUT2D eigenvalue weighted by Crippen LogP contribution is -2.36. The van der Waals surface area contributed by atoms with Gasteiger partial charge in [0.05, 0.1) is 11.0 Å². The fraction of sp³-hybridized carbons (Fsp3) is 0.562. The van der Waals surface area contributed by atoms with Crippen molar-refractivity contribution in [2.45, 2.75) is 45.7 Å².